The maximum Gasteiger partial charge on any atom is 0.225 e. The van der Waals surface area contributed by atoms with Crippen molar-refractivity contribution in [3.05, 3.63) is 84.2 Å². The molecule has 1 fully saturated rings. The van der Waals surface area contributed by atoms with Crippen molar-refractivity contribution in [1.29, 1.82) is 0 Å². The molecule has 0 spiro atoms. The molecule has 4 rings (SSSR count). The van der Waals surface area contributed by atoms with Crippen molar-refractivity contribution >= 4 is 17.5 Å². The van der Waals surface area contributed by atoms with E-state index in [-0.39, 0.29) is 5.91 Å². The summed E-state index contributed by atoms with van der Waals surface area (Å²) in [5, 5.41) is 0. The highest BCUT2D eigenvalue weighted by atomic mass is 16.2. The van der Waals surface area contributed by atoms with Gasteiger partial charge in [0, 0.05) is 63.8 Å². The van der Waals surface area contributed by atoms with E-state index in [0.717, 1.165) is 31.3 Å². The van der Waals surface area contributed by atoms with Gasteiger partial charge in [-0.3, -0.25) is 4.79 Å². The number of nitrogens with zero attached hydrogens (tertiary/aromatic N) is 5. The van der Waals surface area contributed by atoms with Crippen molar-refractivity contribution in [3.63, 3.8) is 0 Å². The summed E-state index contributed by atoms with van der Waals surface area (Å²) < 4.78 is 0. The summed E-state index contributed by atoms with van der Waals surface area (Å²) in [6, 6.07) is 20.8. The summed E-state index contributed by atoms with van der Waals surface area (Å²) >= 11 is 0. The van der Waals surface area contributed by atoms with Gasteiger partial charge < -0.3 is 14.7 Å². The first-order valence-electron chi connectivity index (χ1n) is 10.8. The van der Waals surface area contributed by atoms with Gasteiger partial charge in [-0.05, 0) is 30.7 Å². The Kier molecular flexibility index (Phi) is 6.77. The third kappa shape index (κ3) is 5.60. The van der Waals surface area contributed by atoms with E-state index in [1.807, 2.05) is 17.0 Å². The van der Waals surface area contributed by atoms with E-state index in [9.17, 15) is 4.79 Å². The summed E-state index contributed by atoms with van der Waals surface area (Å²) in [4.78, 5) is 28.0. The molecule has 1 saturated heterocycles. The number of rotatable bonds is 7. The average molecular weight is 416 g/mol. The van der Waals surface area contributed by atoms with Gasteiger partial charge in [-0.15, -0.1) is 0 Å². The maximum atomic E-state index is 12.9. The van der Waals surface area contributed by atoms with Crippen LogP contribution in [-0.2, 0) is 11.3 Å². The van der Waals surface area contributed by atoms with Crippen LogP contribution in [0.3, 0.4) is 0 Å². The van der Waals surface area contributed by atoms with Gasteiger partial charge in [0.2, 0.25) is 11.9 Å². The highest BCUT2D eigenvalue weighted by molar-refractivity contribution is 5.77. The Morgan fingerprint density at radius 1 is 0.903 bits per heavy atom. The topological polar surface area (TPSA) is 52.6 Å². The SMILES string of the molecule is Cc1ccc(N(CCC(=O)N2CCN(c3ncccn3)CC2)Cc2ccccc2)cc1. The number of amides is 1. The molecular weight excluding hydrogens is 386 g/mol. The van der Waals surface area contributed by atoms with Crippen LogP contribution in [0.4, 0.5) is 11.6 Å². The molecule has 1 aromatic heterocycles. The van der Waals surface area contributed by atoms with E-state index < -0.39 is 0 Å². The highest BCUT2D eigenvalue weighted by Crippen LogP contribution is 2.19. The van der Waals surface area contributed by atoms with E-state index in [2.05, 4.69) is 75.2 Å². The van der Waals surface area contributed by atoms with Gasteiger partial charge in [0.05, 0.1) is 0 Å². The number of piperazine rings is 1. The number of benzene rings is 2. The number of hydrogen-bond donors (Lipinski definition) is 0. The van der Waals surface area contributed by atoms with Crippen molar-refractivity contribution in [1.82, 2.24) is 14.9 Å². The molecule has 0 unspecified atom stereocenters. The van der Waals surface area contributed by atoms with Gasteiger partial charge in [-0.1, -0.05) is 48.0 Å². The summed E-state index contributed by atoms with van der Waals surface area (Å²) in [6.07, 6.45) is 4.01. The lowest BCUT2D eigenvalue weighted by Gasteiger charge is -2.35. The molecular formula is C25H29N5O. The van der Waals surface area contributed by atoms with Gasteiger partial charge >= 0.3 is 0 Å². The van der Waals surface area contributed by atoms with Crippen molar-refractivity contribution in [2.75, 3.05) is 42.5 Å². The van der Waals surface area contributed by atoms with Crippen molar-refractivity contribution in [2.24, 2.45) is 0 Å². The van der Waals surface area contributed by atoms with E-state index in [1.165, 1.54) is 11.1 Å². The number of aryl methyl sites for hydroxylation is 1. The summed E-state index contributed by atoms with van der Waals surface area (Å²) in [7, 11) is 0. The Bertz CT molecular complexity index is 954. The number of anilines is 2. The Morgan fingerprint density at radius 3 is 2.26 bits per heavy atom. The van der Waals surface area contributed by atoms with Crippen LogP contribution in [0.5, 0.6) is 0 Å². The molecule has 0 atom stereocenters. The molecule has 1 amide bonds. The van der Waals surface area contributed by atoms with Gasteiger partial charge in [0.1, 0.15) is 0 Å². The summed E-state index contributed by atoms with van der Waals surface area (Å²) in [5.41, 5.74) is 3.63. The zero-order valence-corrected chi connectivity index (χ0v) is 18.0. The number of carbonyl (C=O) groups excluding carboxylic acids is 1. The average Bonchev–Trinajstić information content (AvgIpc) is 2.83. The molecule has 2 aromatic carbocycles. The van der Waals surface area contributed by atoms with Crippen LogP contribution < -0.4 is 9.80 Å². The second-order valence-corrected chi connectivity index (χ2v) is 7.91. The molecule has 2 heterocycles. The molecule has 6 heteroatoms. The monoisotopic (exact) mass is 415 g/mol. The molecule has 6 nitrogen and oxygen atoms in total. The lowest BCUT2D eigenvalue weighted by atomic mass is 10.1. The fraction of sp³-hybridized carbons (Fsp3) is 0.320. The fourth-order valence-corrected chi connectivity index (χ4v) is 3.86. The van der Waals surface area contributed by atoms with E-state index in [1.54, 1.807) is 12.4 Å². The Morgan fingerprint density at radius 2 is 1.58 bits per heavy atom. The maximum absolute atomic E-state index is 12.9. The van der Waals surface area contributed by atoms with Crippen LogP contribution in [0, 0.1) is 6.92 Å². The van der Waals surface area contributed by atoms with E-state index in [4.69, 9.17) is 0 Å². The minimum atomic E-state index is 0.207. The molecule has 1 aliphatic rings. The van der Waals surface area contributed by atoms with Crippen LogP contribution in [0.15, 0.2) is 73.1 Å². The van der Waals surface area contributed by atoms with Crippen LogP contribution in [-0.4, -0.2) is 53.5 Å². The van der Waals surface area contributed by atoms with Crippen LogP contribution in [0.25, 0.3) is 0 Å². The second-order valence-electron chi connectivity index (χ2n) is 7.91. The zero-order valence-electron chi connectivity index (χ0n) is 18.0. The zero-order chi connectivity index (χ0) is 21.5. The minimum absolute atomic E-state index is 0.207. The normalized spacial score (nSPS) is 13.8. The van der Waals surface area contributed by atoms with Gasteiger partial charge in [0.15, 0.2) is 0 Å². The summed E-state index contributed by atoms with van der Waals surface area (Å²) in [5.74, 6) is 0.946. The van der Waals surface area contributed by atoms with Gasteiger partial charge in [-0.25, -0.2) is 9.97 Å². The standard InChI is InChI=1S/C25H29N5O/c1-21-8-10-23(11-9-21)30(20-22-6-3-2-4-7-22)15-12-24(31)28-16-18-29(19-17-28)25-26-13-5-14-27-25/h2-11,13-14H,12,15-20H2,1H3. The number of hydrogen-bond acceptors (Lipinski definition) is 5. The molecule has 0 bridgehead atoms. The molecule has 1 aliphatic heterocycles. The third-order valence-electron chi connectivity index (χ3n) is 5.68. The lowest BCUT2D eigenvalue weighted by molar-refractivity contribution is -0.131. The number of aromatic nitrogens is 2. The summed E-state index contributed by atoms with van der Waals surface area (Å²) in [6.45, 7) is 6.52. The Balaban J connectivity index is 1.35. The molecule has 3 aromatic rings. The largest absolute Gasteiger partial charge is 0.367 e. The van der Waals surface area contributed by atoms with Crippen molar-refractivity contribution in [2.45, 2.75) is 19.9 Å². The first-order chi connectivity index (χ1) is 15.2. The van der Waals surface area contributed by atoms with Gasteiger partial charge in [0.25, 0.3) is 0 Å². The first-order valence-corrected chi connectivity index (χ1v) is 10.8. The van der Waals surface area contributed by atoms with E-state index >= 15 is 0 Å². The van der Waals surface area contributed by atoms with Gasteiger partial charge in [-0.2, -0.15) is 0 Å². The minimum Gasteiger partial charge on any atom is -0.367 e. The van der Waals surface area contributed by atoms with Crippen LogP contribution in [0.1, 0.15) is 17.5 Å². The van der Waals surface area contributed by atoms with Crippen molar-refractivity contribution in [3.8, 4) is 0 Å². The highest BCUT2D eigenvalue weighted by Gasteiger charge is 2.22. The van der Waals surface area contributed by atoms with Crippen LogP contribution >= 0.6 is 0 Å². The fourth-order valence-electron chi connectivity index (χ4n) is 3.86. The molecule has 0 N–H and O–H groups in total. The predicted octanol–water partition coefficient (Wildman–Crippen LogP) is 3.53. The van der Waals surface area contributed by atoms with Crippen LogP contribution in [0.2, 0.25) is 0 Å². The Labute approximate surface area is 184 Å². The van der Waals surface area contributed by atoms with Crippen molar-refractivity contribution < 1.29 is 4.79 Å². The Hall–Kier alpha value is -3.41. The molecule has 0 aliphatic carbocycles. The van der Waals surface area contributed by atoms with E-state index in [0.29, 0.717) is 26.1 Å². The third-order valence-corrected chi connectivity index (χ3v) is 5.68. The first kappa shape index (κ1) is 20.8. The predicted molar refractivity (Wildman–Crippen MR) is 124 cm³/mol. The smallest absolute Gasteiger partial charge is 0.225 e. The molecule has 31 heavy (non-hydrogen) atoms. The molecule has 0 saturated carbocycles. The lowest BCUT2D eigenvalue weighted by Crippen LogP contribution is -2.49. The molecule has 160 valence electrons. The molecule has 0 radical (unpaired) electrons. The number of carbonyl (C=O) groups is 1. The second kappa shape index (κ2) is 10.1. The quantitative estimate of drug-likeness (QED) is 0.591.